The number of benzene rings is 2. The molecule has 0 bridgehead atoms. The molecule has 3 rings (SSSR count). The molecule has 0 aliphatic rings. The van der Waals surface area contributed by atoms with Crippen molar-refractivity contribution in [2.75, 3.05) is 5.32 Å². The van der Waals surface area contributed by atoms with Crippen LogP contribution in [0.5, 0.6) is 0 Å². The number of nitro benzene ring substituents is 1. The van der Waals surface area contributed by atoms with Crippen molar-refractivity contribution in [3.63, 3.8) is 0 Å². The summed E-state index contributed by atoms with van der Waals surface area (Å²) in [6, 6.07) is 12.0. The molecule has 1 aromatic heterocycles. The van der Waals surface area contributed by atoms with Crippen LogP contribution in [0, 0.1) is 10.1 Å². The summed E-state index contributed by atoms with van der Waals surface area (Å²) >= 11 is 1.43. The average Bonchev–Trinajstić information content (AvgIpc) is 3.02. The van der Waals surface area contributed by atoms with Gasteiger partial charge in [0.05, 0.1) is 15.1 Å². The normalized spacial score (nSPS) is 11.1. The molecule has 25 heavy (non-hydrogen) atoms. The summed E-state index contributed by atoms with van der Waals surface area (Å²) in [6.07, 6.45) is 3.87. The number of aromatic nitrogens is 1. The highest BCUT2D eigenvalue weighted by atomic mass is 32.1. The van der Waals surface area contributed by atoms with Gasteiger partial charge < -0.3 is 0 Å². The lowest BCUT2D eigenvalue weighted by Gasteiger charge is -1.97. The molecule has 7 heteroatoms. The summed E-state index contributed by atoms with van der Waals surface area (Å²) in [5, 5.41) is 13.9. The summed E-state index contributed by atoms with van der Waals surface area (Å²) in [5.74, 6) is -0.296. The van der Waals surface area contributed by atoms with Crippen molar-refractivity contribution in [1.29, 1.82) is 0 Å². The summed E-state index contributed by atoms with van der Waals surface area (Å²) in [5.41, 5.74) is 2.79. The van der Waals surface area contributed by atoms with Gasteiger partial charge in [0, 0.05) is 18.2 Å². The lowest BCUT2D eigenvalue weighted by molar-refractivity contribution is -0.384. The van der Waals surface area contributed by atoms with Crippen LogP contribution in [0.4, 0.5) is 10.8 Å². The number of thiazole rings is 1. The maximum absolute atomic E-state index is 12.1. The fourth-order valence-electron chi connectivity index (χ4n) is 2.37. The number of nitro groups is 1. The molecule has 3 aromatic rings. The van der Waals surface area contributed by atoms with E-state index in [4.69, 9.17) is 0 Å². The van der Waals surface area contributed by atoms with E-state index in [1.165, 1.54) is 29.5 Å². The maximum atomic E-state index is 12.1. The number of fused-ring (bicyclic) bond motifs is 1. The van der Waals surface area contributed by atoms with E-state index >= 15 is 0 Å². The Morgan fingerprint density at radius 2 is 2.04 bits per heavy atom. The maximum Gasteiger partial charge on any atom is 0.269 e. The van der Waals surface area contributed by atoms with Gasteiger partial charge in [-0.05, 0) is 41.8 Å². The Morgan fingerprint density at radius 1 is 1.28 bits per heavy atom. The zero-order valence-corrected chi connectivity index (χ0v) is 14.2. The van der Waals surface area contributed by atoms with Gasteiger partial charge in [-0.15, -0.1) is 0 Å². The number of para-hydroxylation sites is 1. The van der Waals surface area contributed by atoms with Crippen LogP contribution in [0.2, 0.25) is 0 Å². The van der Waals surface area contributed by atoms with Crippen LogP contribution in [-0.4, -0.2) is 15.8 Å². The van der Waals surface area contributed by atoms with Crippen molar-refractivity contribution in [2.45, 2.75) is 13.3 Å². The monoisotopic (exact) mass is 353 g/mol. The second kappa shape index (κ2) is 7.23. The standard InChI is InChI=1S/C18H15N3O3S/c1-2-13-4-3-5-15-17(13)20-18(25-15)19-16(22)11-8-12-6-9-14(10-7-12)21(23)24/h3-11H,2H2,1H3,(H,19,20,22)/b11-8+. The summed E-state index contributed by atoms with van der Waals surface area (Å²) in [4.78, 5) is 26.7. The summed E-state index contributed by atoms with van der Waals surface area (Å²) < 4.78 is 1.04. The molecule has 0 spiro atoms. The number of anilines is 1. The van der Waals surface area contributed by atoms with Crippen molar-refractivity contribution in [2.24, 2.45) is 0 Å². The van der Waals surface area contributed by atoms with Crippen LogP contribution < -0.4 is 5.32 Å². The van der Waals surface area contributed by atoms with Crippen LogP contribution in [0.1, 0.15) is 18.1 Å². The third kappa shape index (κ3) is 3.89. The van der Waals surface area contributed by atoms with E-state index in [-0.39, 0.29) is 11.6 Å². The van der Waals surface area contributed by atoms with Crippen molar-refractivity contribution >= 4 is 44.4 Å². The van der Waals surface area contributed by atoms with Gasteiger partial charge in [-0.3, -0.25) is 20.2 Å². The lowest BCUT2D eigenvalue weighted by Crippen LogP contribution is -2.07. The van der Waals surface area contributed by atoms with Crippen molar-refractivity contribution < 1.29 is 9.72 Å². The van der Waals surface area contributed by atoms with Crippen LogP contribution >= 0.6 is 11.3 Å². The molecule has 6 nitrogen and oxygen atoms in total. The van der Waals surface area contributed by atoms with Crippen LogP contribution in [0.3, 0.4) is 0 Å². The fourth-order valence-corrected chi connectivity index (χ4v) is 3.29. The van der Waals surface area contributed by atoms with Gasteiger partial charge in [0.25, 0.3) is 5.69 Å². The Balaban J connectivity index is 1.71. The number of nitrogens with one attached hydrogen (secondary N) is 1. The smallest absolute Gasteiger partial charge is 0.269 e. The van der Waals surface area contributed by atoms with Crippen LogP contribution in [0.15, 0.2) is 48.5 Å². The Morgan fingerprint density at radius 3 is 2.72 bits per heavy atom. The van der Waals surface area contributed by atoms with Crippen LogP contribution in [0.25, 0.3) is 16.3 Å². The predicted molar refractivity (Wildman–Crippen MR) is 99.8 cm³/mol. The first-order valence-electron chi connectivity index (χ1n) is 7.69. The molecule has 0 aliphatic heterocycles. The molecule has 1 heterocycles. The highest BCUT2D eigenvalue weighted by molar-refractivity contribution is 7.22. The Bertz CT molecular complexity index is 961. The van der Waals surface area contributed by atoms with Crippen LogP contribution in [-0.2, 0) is 11.2 Å². The molecule has 0 saturated carbocycles. The largest absolute Gasteiger partial charge is 0.298 e. The third-order valence-electron chi connectivity index (χ3n) is 3.64. The average molecular weight is 353 g/mol. The van der Waals surface area contributed by atoms with Crippen molar-refractivity contribution in [3.8, 4) is 0 Å². The Labute approximate surface area is 148 Å². The number of carbonyl (C=O) groups excluding carboxylic acids is 1. The number of hydrogen-bond donors (Lipinski definition) is 1. The van der Waals surface area contributed by atoms with E-state index in [1.54, 1.807) is 18.2 Å². The highest BCUT2D eigenvalue weighted by Crippen LogP contribution is 2.28. The number of amides is 1. The number of nitrogens with zero attached hydrogens (tertiary/aromatic N) is 2. The molecule has 126 valence electrons. The van der Waals surface area contributed by atoms with Crippen molar-refractivity contribution in [1.82, 2.24) is 4.98 Å². The topological polar surface area (TPSA) is 85.1 Å². The number of carbonyl (C=O) groups is 1. The summed E-state index contributed by atoms with van der Waals surface area (Å²) in [7, 11) is 0. The first-order chi connectivity index (χ1) is 12.1. The fraction of sp³-hybridized carbons (Fsp3) is 0.111. The molecular formula is C18H15N3O3S. The zero-order chi connectivity index (χ0) is 17.8. The zero-order valence-electron chi connectivity index (χ0n) is 13.4. The molecule has 0 radical (unpaired) electrons. The second-order valence-electron chi connectivity index (χ2n) is 5.31. The van der Waals surface area contributed by atoms with E-state index < -0.39 is 4.92 Å². The minimum absolute atomic E-state index is 0.0165. The first-order valence-corrected chi connectivity index (χ1v) is 8.50. The van der Waals surface area contributed by atoms with E-state index in [2.05, 4.69) is 17.2 Å². The first kappa shape index (κ1) is 16.8. The van der Waals surface area contributed by atoms with Gasteiger partial charge in [-0.2, -0.15) is 0 Å². The van der Waals surface area contributed by atoms with Gasteiger partial charge in [0.2, 0.25) is 5.91 Å². The van der Waals surface area contributed by atoms with Gasteiger partial charge in [0.1, 0.15) is 0 Å². The van der Waals surface area contributed by atoms with Gasteiger partial charge in [0.15, 0.2) is 5.13 Å². The van der Waals surface area contributed by atoms with E-state index in [9.17, 15) is 14.9 Å². The lowest BCUT2D eigenvalue weighted by atomic mass is 10.1. The van der Waals surface area contributed by atoms with Gasteiger partial charge >= 0.3 is 0 Å². The van der Waals surface area contributed by atoms with Gasteiger partial charge in [-0.25, -0.2) is 4.98 Å². The number of non-ortho nitro benzene ring substituents is 1. The van der Waals surface area contributed by atoms with Crippen molar-refractivity contribution in [3.05, 3.63) is 69.8 Å². The van der Waals surface area contributed by atoms with E-state index in [0.29, 0.717) is 10.7 Å². The number of hydrogen-bond acceptors (Lipinski definition) is 5. The highest BCUT2D eigenvalue weighted by Gasteiger charge is 2.08. The Hall–Kier alpha value is -3.06. The number of rotatable bonds is 5. The molecular weight excluding hydrogens is 338 g/mol. The predicted octanol–water partition coefficient (Wildman–Crippen LogP) is 4.42. The molecule has 0 unspecified atom stereocenters. The molecule has 0 fully saturated rings. The Kier molecular flexibility index (Phi) is 4.85. The molecule has 0 aliphatic carbocycles. The molecule has 1 N–H and O–H groups in total. The molecule has 0 saturated heterocycles. The second-order valence-corrected chi connectivity index (χ2v) is 6.34. The molecule has 1 amide bonds. The summed E-state index contributed by atoms with van der Waals surface area (Å²) in [6.45, 7) is 2.07. The molecule has 0 atom stereocenters. The quantitative estimate of drug-likeness (QED) is 0.418. The van der Waals surface area contributed by atoms with E-state index in [0.717, 1.165) is 22.2 Å². The number of aryl methyl sites for hydroxylation is 1. The minimum atomic E-state index is -0.460. The molecule has 2 aromatic carbocycles. The van der Waals surface area contributed by atoms with Gasteiger partial charge in [-0.1, -0.05) is 30.4 Å². The minimum Gasteiger partial charge on any atom is -0.298 e. The third-order valence-corrected chi connectivity index (χ3v) is 4.58. The SMILES string of the molecule is CCc1cccc2sc(NC(=O)/C=C/c3ccc([N+](=O)[O-])cc3)nc12. The van der Waals surface area contributed by atoms with E-state index in [1.807, 2.05) is 18.2 Å².